The van der Waals surface area contributed by atoms with Gasteiger partial charge in [0.05, 0.1) is 19.8 Å². The van der Waals surface area contributed by atoms with E-state index in [0.717, 1.165) is 6.42 Å². The molecule has 1 N–H and O–H groups in total. The Morgan fingerprint density at radius 1 is 1.00 bits per heavy atom. The van der Waals surface area contributed by atoms with Crippen LogP contribution in [0.15, 0.2) is 0 Å². The third kappa shape index (κ3) is 12.1. The topological polar surface area (TPSA) is 64.6 Å². The summed E-state index contributed by atoms with van der Waals surface area (Å²) in [6.45, 7) is 9.93. The summed E-state index contributed by atoms with van der Waals surface area (Å²) in [4.78, 5) is 22.7. The van der Waals surface area contributed by atoms with Gasteiger partial charge >= 0.3 is 0 Å². The lowest BCUT2D eigenvalue weighted by molar-refractivity contribution is -0.126. The first-order valence-electron chi connectivity index (χ1n) is 7.38. The first-order chi connectivity index (χ1) is 9.43. The number of hydrogen-bond donors (Lipinski definition) is 1. The Morgan fingerprint density at radius 3 is 2.25 bits per heavy atom. The minimum absolute atomic E-state index is 0.0596. The van der Waals surface area contributed by atoms with Gasteiger partial charge in [0.2, 0.25) is 5.91 Å². The van der Waals surface area contributed by atoms with E-state index in [1.807, 2.05) is 13.8 Å². The van der Waals surface area contributed by atoms with Crippen LogP contribution in [0.2, 0.25) is 0 Å². The molecule has 0 aliphatic heterocycles. The summed E-state index contributed by atoms with van der Waals surface area (Å²) in [5.41, 5.74) is 0. The molecule has 0 aliphatic carbocycles. The Bertz CT molecular complexity index is 277. The molecule has 1 amide bonds. The van der Waals surface area contributed by atoms with E-state index in [1.54, 1.807) is 0 Å². The molecular formula is C15H29NO4. The smallest absolute Gasteiger partial charge is 0.245 e. The lowest BCUT2D eigenvalue weighted by Crippen LogP contribution is -2.29. The van der Waals surface area contributed by atoms with Gasteiger partial charge in [-0.3, -0.25) is 9.59 Å². The first kappa shape index (κ1) is 19.1. The number of rotatable bonds is 12. The number of carbonyl (C=O) groups is 2. The zero-order valence-corrected chi connectivity index (χ0v) is 13.2. The first-order valence-corrected chi connectivity index (χ1v) is 7.38. The lowest BCUT2D eigenvalue weighted by atomic mass is 10.1. The zero-order chi connectivity index (χ0) is 15.4. The fourth-order valence-corrected chi connectivity index (χ4v) is 1.40. The number of Topliss-reactive ketones (excluding diaryl/α,β-unsaturated/α-hetero) is 1. The second-order valence-electron chi connectivity index (χ2n) is 5.57. The molecule has 20 heavy (non-hydrogen) atoms. The molecule has 0 spiro atoms. The van der Waals surface area contributed by atoms with E-state index >= 15 is 0 Å². The number of amides is 1. The quantitative estimate of drug-likeness (QED) is 0.556. The van der Waals surface area contributed by atoms with Crippen LogP contribution >= 0.6 is 0 Å². The van der Waals surface area contributed by atoms with Gasteiger partial charge < -0.3 is 14.8 Å². The highest BCUT2D eigenvalue weighted by atomic mass is 16.5. The van der Waals surface area contributed by atoms with Crippen molar-refractivity contribution in [3.63, 3.8) is 0 Å². The minimum atomic E-state index is -0.0966. The van der Waals surface area contributed by atoms with E-state index in [4.69, 9.17) is 9.47 Å². The molecule has 5 nitrogen and oxygen atoms in total. The van der Waals surface area contributed by atoms with E-state index in [9.17, 15) is 9.59 Å². The van der Waals surface area contributed by atoms with Crippen LogP contribution in [0.1, 0.15) is 40.5 Å². The van der Waals surface area contributed by atoms with Gasteiger partial charge in [-0.1, -0.05) is 27.7 Å². The van der Waals surface area contributed by atoms with E-state index in [1.165, 1.54) is 0 Å². The molecule has 0 aromatic carbocycles. The Balaban J connectivity index is 3.31. The summed E-state index contributed by atoms with van der Waals surface area (Å²) in [6, 6.07) is 0. The molecule has 0 aromatic heterocycles. The van der Waals surface area contributed by atoms with Gasteiger partial charge in [0.15, 0.2) is 0 Å². The van der Waals surface area contributed by atoms with Crippen LogP contribution in [-0.4, -0.2) is 44.7 Å². The lowest BCUT2D eigenvalue weighted by Gasteiger charge is -2.08. The molecule has 5 heteroatoms. The molecule has 0 rings (SSSR count). The summed E-state index contributed by atoms with van der Waals surface area (Å²) in [5, 5.41) is 2.79. The van der Waals surface area contributed by atoms with Crippen molar-refractivity contribution in [2.45, 2.75) is 40.5 Å². The second-order valence-corrected chi connectivity index (χ2v) is 5.57. The van der Waals surface area contributed by atoms with Crippen molar-refractivity contribution in [3.8, 4) is 0 Å². The molecule has 0 saturated heterocycles. The molecule has 0 radical (unpaired) electrons. The highest BCUT2D eigenvalue weighted by Crippen LogP contribution is 1.98. The fourth-order valence-electron chi connectivity index (χ4n) is 1.40. The van der Waals surface area contributed by atoms with Crippen molar-refractivity contribution >= 4 is 11.7 Å². The highest BCUT2D eigenvalue weighted by Gasteiger charge is 2.06. The number of carbonyl (C=O) groups excluding carboxylic acids is 2. The van der Waals surface area contributed by atoms with Crippen LogP contribution in [0.5, 0.6) is 0 Å². The fraction of sp³-hybridized carbons (Fsp3) is 0.867. The number of hydrogen-bond acceptors (Lipinski definition) is 4. The molecule has 0 bridgehead atoms. The van der Waals surface area contributed by atoms with Crippen LogP contribution < -0.4 is 5.32 Å². The second kappa shape index (κ2) is 11.9. The van der Waals surface area contributed by atoms with Gasteiger partial charge in [-0.05, 0) is 12.3 Å². The van der Waals surface area contributed by atoms with Crippen LogP contribution in [0.25, 0.3) is 0 Å². The molecular weight excluding hydrogens is 258 g/mol. The molecule has 0 aliphatic rings. The standard InChI is InChI=1S/C15H29NO4/c1-12(2)5-7-16-15(18)11-20-10-9-19-8-6-14(17)13(3)4/h12-13H,5-11H2,1-4H3,(H,16,18). The van der Waals surface area contributed by atoms with E-state index in [2.05, 4.69) is 19.2 Å². The van der Waals surface area contributed by atoms with Gasteiger partial charge in [0.1, 0.15) is 12.4 Å². The molecule has 0 heterocycles. The van der Waals surface area contributed by atoms with Crippen molar-refractivity contribution in [2.24, 2.45) is 11.8 Å². The summed E-state index contributed by atoms with van der Waals surface area (Å²) in [6.07, 6.45) is 1.41. The largest absolute Gasteiger partial charge is 0.379 e. The predicted octanol–water partition coefficient (Wildman–Crippen LogP) is 1.80. The monoisotopic (exact) mass is 287 g/mol. The highest BCUT2D eigenvalue weighted by molar-refractivity contribution is 5.80. The van der Waals surface area contributed by atoms with Crippen molar-refractivity contribution in [3.05, 3.63) is 0 Å². The number of nitrogens with one attached hydrogen (secondary N) is 1. The van der Waals surface area contributed by atoms with Crippen molar-refractivity contribution in [1.82, 2.24) is 5.32 Å². The minimum Gasteiger partial charge on any atom is -0.379 e. The maximum Gasteiger partial charge on any atom is 0.245 e. The average Bonchev–Trinajstić information content (AvgIpc) is 2.36. The molecule has 0 unspecified atom stereocenters. The molecule has 0 saturated carbocycles. The number of ketones is 1. The third-order valence-electron chi connectivity index (χ3n) is 2.79. The summed E-state index contributed by atoms with van der Waals surface area (Å²) in [7, 11) is 0. The van der Waals surface area contributed by atoms with Crippen LogP contribution in [0.3, 0.4) is 0 Å². The summed E-state index contributed by atoms with van der Waals surface area (Å²) < 4.78 is 10.5. The van der Waals surface area contributed by atoms with Crippen molar-refractivity contribution in [2.75, 3.05) is 33.0 Å². The Morgan fingerprint density at radius 2 is 1.65 bits per heavy atom. The maximum atomic E-state index is 11.4. The number of ether oxygens (including phenoxy) is 2. The Kier molecular flexibility index (Phi) is 11.3. The van der Waals surface area contributed by atoms with Crippen LogP contribution in [0.4, 0.5) is 0 Å². The maximum absolute atomic E-state index is 11.4. The normalized spacial score (nSPS) is 11.1. The van der Waals surface area contributed by atoms with E-state index in [0.29, 0.717) is 38.7 Å². The summed E-state index contributed by atoms with van der Waals surface area (Å²) >= 11 is 0. The average molecular weight is 287 g/mol. The van der Waals surface area contributed by atoms with Crippen LogP contribution in [0, 0.1) is 11.8 Å². The van der Waals surface area contributed by atoms with E-state index < -0.39 is 0 Å². The van der Waals surface area contributed by atoms with Gasteiger partial charge in [-0.2, -0.15) is 0 Å². The van der Waals surface area contributed by atoms with Gasteiger partial charge in [0.25, 0.3) is 0 Å². The van der Waals surface area contributed by atoms with Gasteiger partial charge in [0, 0.05) is 18.9 Å². The Hall–Kier alpha value is -0.940. The molecule has 0 atom stereocenters. The van der Waals surface area contributed by atoms with Gasteiger partial charge in [-0.15, -0.1) is 0 Å². The molecule has 118 valence electrons. The van der Waals surface area contributed by atoms with E-state index in [-0.39, 0.29) is 24.2 Å². The zero-order valence-electron chi connectivity index (χ0n) is 13.2. The molecule has 0 aromatic rings. The van der Waals surface area contributed by atoms with Crippen molar-refractivity contribution < 1.29 is 19.1 Å². The van der Waals surface area contributed by atoms with Crippen LogP contribution in [-0.2, 0) is 19.1 Å². The van der Waals surface area contributed by atoms with Gasteiger partial charge in [-0.25, -0.2) is 0 Å². The van der Waals surface area contributed by atoms with Crippen molar-refractivity contribution in [1.29, 1.82) is 0 Å². The SMILES string of the molecule is CC(C)CCNC(=O)COCCOCCC(=O)C(C)C. The Labute approximate surface area is 122 Å². The summed E-state index contributed by atoms with van der Waals surface area (Å²) in [5.74, 6) is 0.749. The third-order valence-corrected chi connectivity index (χ3v) is 2.79. The predicted molar refractivity (Wildman–Crippen MR) is 78.6 cm³/mol. The molecule has 0 fully saturated rings.